The van der Waals surface area contributed by atoms with Crippen molar-refractivity contribution in [1.29, 1.82) is 0 Å². The van der Waals surface area contributed by atoms with Gasteiger partial charge >= 0.3 is 0 Å². The number of phenolic OH excluding ortho intramolecular Hbond substituents is 1. The Balaban J connectivity index is 1.53. The Morgan fingerprint density at radius 1 is 0.825 bits per heavy atom. The predicted molar refractivity (Wildman–Crippen MR) is 156 cm³/mol. The van der Waals surface area contributed by atoms with E-state index in [4.69, 9.17) is 19.9 Å². The lowest BCUT2D eigenvalue weighted by Gasteiger charge is -2.29. The summed E-state index contributed by atoms with van der Waals surface area (Å²) in [6.07, 6.45) is 0.732. The van der Waals surface area contributed by atoms with Crippen LogP contribution < -0.4 is 19.9 Å². The fraction of sp³-hybridized carbons (Fsp3) is 0.242. The topological polar surface area (TPSA) is 94.2 Å². The summed E-state index contributed by atoms with van der Waals surface area (Å²) in [7, 11) is 3.11. The van der Waals surface area contributed by atoms with E-state index in [1.165, 1.54) is 11.1 Å². The highest BCUT2D eigenvalue weighted by molar-refractivity contribution is 5.93. The predicted octanol–water partition coefficient (Wildman–Crippen LogP) is 5.61. The van der Waals surface area contributed by atoms with Crippen LogP contribution in [0.4, 0.5) is 0 Å². The number of aromatic hydroxyl groups is 1. The van der Waals surface area contributed by atoms with Crippen molar-refractivity contribution in [1.82, 2.24) is 4.90 Å². The first-order valence-electron chi connectivity index (χ1n) is 13.3. The van der Waals surface area contributed by atoms with E-state index >= 15 is 0 Å². The van der Waals surface area contributed by atoms with Crippen molar-refractivity contribution in [3.8, 4) is 23.0 Å². The van der Waals surface area contributed by atoms with Gasteiger partial charge in [0, 0.05) is 31.1 Å². The minimum Gasteiger partial charge on any atom is -0.504 e. The summed E-state index contributed by atoms with van der Waals surface area (Å²) in [4.78, 5) is 14.0. The van der Waals surface area contributed by atoms with E-state index in [1.54, 1.807) is 38.5 Å². The number of ether oxygens (including phenoxy) is 3. The van der Waals surface area contributed by atoms with E-state index in [2.05, 4.69) is 53.4 Å². The summed E-state index contributed by atoms with van der Waals surface area (Å²) in [6, 6.07) is 31.4. The second-order valence-corrected chi connectivity index (χ2v) is 9.55. The molecule has 0 atom stereocenters. The van der Waals surface area contributed by atoms with Crippen LogP contribution in [0.3, 0.4) is 0 Å². The number of nitrogens with zero attached hydrogens (tertiary/aromatic N) is 1. The molecule has 4 rings (SSSR count). The first-order valence-corrected chi connectivity index (χ1v) is 13.3. The Bertz CT molecular complexity index is 1340. The third-order valence-corrected chi connectivity index (χ3v) is 6.82. The SMILES string of the molecule is COc1cc(CN(CCCOc2cc(C(N)=O)ccc2OC)CC(c2ccccc2)c2ccccc2)ccc1O. The molecule has 208 valence electrons. The monoisotopic (exact) mass is 540 g/mol. The van der Waals surface area contributed by atoms with Crippen molar-refractivity contribution in [2.75, 3.05) is 33.9 Å². The molecule has 0 fully saturated rings. The Morgan fingerprint density at radius 3 is 2.08 bits per heavy atom. The van der Waals surface area contributed by atoms with Gasteiger partial charge in [-0.1, -0.05) is 66.7 Å². The van der Waals surface area contributed by atoms with Gasteiger partial charge in [-0.25, -0.2) is 0 Å². The molecule has 0 spiro atoms. The number of hydrogen-bond donors (Lipinski definition) is 2. The van der Waals surface area contributed by atoms with Crippen molar-refractivity contribution in [3.05, 3.63) is 119 Å². The molecule has 0 saturated carbocycles. The van der Waals surface area contributed by atoms with Gasteiger partial charge in [-0.05, 0) is 53.4 Å². The maximum absolute atomic E-state index is 11.6. The number of rotatable bonds is 14. The average molecular weight is 541 g/mol. The molecule has 0 aromatic heterocycles. The summed E-state index contributed by atoms with van der Waals surface area (Å²) in [5.74, 6) is 1.24. The third kappa shape index (κ3) is 7.55. The van der Waals surface area contributed by atoms with Gasteiger partial charge in [-0.2, -0.15) is 0 Å². The molecule has 40 heavy (non-hydrogen) atoms. The highest BCUT2D eigenvalue weighted by Gasteiger charge is 2.19. The van der Waals surface area contributed by atoms with Crippen LogP contribution in [-0.4, -0.2) is 49.8 Å². The Labute approximate surface area is 235 Å². The fourth-order valence-electron chi connectivity index (χ4n) is 4.76. The molecule has 7 nitrogen and oxygen atoms in total. The number of carbonyl (C=O) groups excluding carboxylic acids is 1. The molecule has 0 bridgehead atoms. The van der Waals surface area contributed by atoms with Gasteiger partial charge in [0.15, 0.2) is 23.0 Å². The maximum Gasteiger partial charge on any atom is 0.248 e. The van der Waals surface area contributed by atoms with E-state index in [9.17, 15) is 9.90 Å². The van der Waals surface area contributed by atoms with Crippen LogP contribution >= 0.6 is 0 Å². The molecule has 0 aliphatic rings. The van der Waals surface area contributed by atoms with Crippen LogP contribution in [-0.2, 0) is 6.54 Å². The summed E-state index contributed by atoms with van der Waals surface area (Å²) in [5, 5.41) is 10.1. The number of methoxy groups -OCH3 is 2. The van der Waals surface area contributed by atoms with Gasteiger partial charge in [0.05, 0.1) is 20.8 Å². The van der Waals surface area contributed by atoms with Gasteiger partial charge in [0.25, 0.3) is 0 Å². The molecular weight excluding hydrogens is 504 g/mol. The van der Waals surface area contributed by atoms with Crippen molar-refractivity contribution in [2.45, 2.75) is 18.9 Å². The van der Waals surface area contributed by atoms with Gasteiger partial charge in [-0.3, -0.25) is 9.69 Å². The van der Waals surface area contributed by atoms with Crippen LogP contribution in [0.15, 0.2) is 97.1 Å². The largest absolute Gasteiger partial charge is 0.504 e. The normalized spacial score (nSPS) is 11.0. The number of nitrogens with two attached hydrogens (primary N) is 1. The molecule has 4 aromatic rings. The van der Waals surface area contributed by atoms with Crippen molar-refractivity contribution < 1.29 is 24.1 Å². The maximum atomic E-state index is 11.6. The van der Waals surface area contributed by atoms with Crippen LogP contribution in [0.1, 0.15) is 39.4 Å². The number of amides is 1. The molecule has 1 amide bonds. The zero-order chi connectivity index (χ0) is 28.3. The fourth-order valence-corrected chi connectivity index (χ4v) is 4.76. The summed E-state index contributed by atoms with van der Waals surface area (Å²) >= 11 is 0. The van der Waals surface area contributed by atoms with E-state index in [0.29, 0.717) is 36.0 Å². The minimum absolute atomic E-state index is 0.116. The van der Waals surface area contributed by atoms with E-state index in [1.807, 2.05) is 24.3 Å². The lowest BCUT2D eigenvalue weighted by Crippen LogP contribution is -2.30. The average Bonchev–Trinajstić information content (AvgIpc) is 2.99. The molecule has 0 saturated heterocycles. The molecule has 0 aliphatic heterocycles. The smallest absolute Gasteiger partial charge is 0.248 e. The highest BCUT2D eigenvalue weighted by atomic mass is 16.5. The van der Waals surface area contributed by atoms with Crippen LogP contribution in [0.5, 0.6) is 23.0 Å². The van der Waals surface area contributed by atoms with Crippen LogP contribution in [0.25, 0.3) is 0 Å². The molecule has 0 aliphatic carbocycles. The summed E-state index contributed by atoms with van der Waals surface area (Å²) < 4.78 is 16.8. The highest BCUT2D eigenvalue weighted by Crippen LogP contribution is 2.30. The Kier molecular flexibility index (Phi) is 10.0. The molecule has 0 heterocycles. The summed E-state index contributed by atoms with van der Waals surface area (Å²) in [6.45, 7) is 2.61. The van der Waals surface area contributed by atoms with Gasteiger partial charge in [0.1, 0.15) is 0 Å². The van der Waals surface area contributed by atoms with Gasteiger partial charge < -0.3 is 25.1 Å². The second-order valence-electron chi connectivity index (χ2n) is 9.55. The van der Waals surface area contributed by atoms with Crippen molar-refractivity contribution in [2.24, 2.45) is 5.73 Å². The number of benzene rings is 4. The van der Waals surface area contributed by atoms with Gasteiger partial charge in [-0.15, -0.1) is 0 Å². The minimum atomic E-state index is -0.518. The standard InChI is InChI=1S/C33H36N2O5/c1-38-30-17-15-27(33(34)37)21-32(30)40-19-9-18-35(22-24-14-16-29(36)31(20-24)39-2)23-28(25-10-5-3-6-11-25)26-12-7-4-8-13-26/h3-8,10-17,20-21,28,36H,9,18-19,22-23H2,1-2H3,(H2,34,37). The molecule has 4 aromatic carbocycles. The van der Waals surface area contributed by atoms with E-state index < -0.39 is 5.91 Å². The molecule has 3 N–H and O–H groups in total. The Morgan fingerprint density at radius 2 is 1.48 bits per heavy atom. The first kappa shape index (κ1) is 28.5. The number of phenols is 1. The lowest BCUT2D eigenvalue weighted by atomic mass is 9.90. The Hall–Kier alpha value is -4.49. The second kappa shape index (κ2) is 14.1. The number of primary amides is 1. The third-order valence-electron chi connectivity index (χ3n) is 6.82. The lowest BCUT2D eigenvalue weighted by molar-refractivity contribution is 0.0999. The zero-order valence-electron chi connectivity index (χ0n) is 23.0. The van der Waals surface area contributed by atoms with Crippen LogP contribution in [0.2, 0.25) is 0 Å². The first-order chi connectivity index (χ1) is 19.5. The van der Waals surface area contributed by atoms with Gasteiger partial charge in [0.2, 0.25) is 5.91 Å². The quantitative estimate of drug-likeness (QED) is 0.202. The van der Waals surface area contributed by atoms with E-state index in [0.717, 1.165) is 25.1 Å². The zero-order valence-corrected chi connectivity index (χ0v) is 23.0. The summed E-state index contributed by atoms with van der Waals surface area (Å²) in [5.41, 5.74) is 9.33. The number of hydrogen-bond acceptors (Lipinski definition) is 6. The van der Waals surface area contributed by atoms with Crippen molar-refractivity contribution in [3.63, 3.8) is 0 Å². The number of carbonyl (C=O) groups is 1. The molecular formula is C33H36N2O5. The van der Waals surface area contributed by atoms with E-state index in [-0.39, 0.29) is 11.7 Å². The molecule has 0 radical (unpaired) electrons. The molecule has 0 unspecified atom stereocenters. The van der Waals surface area contributed by atoms with Crippen molar-refractivity contribution >= 4 is 5.91 Å². The van der Waals surface area contributed by atoms with Crippen LogP contribution in [0, 0.1) is 0 Å². The molecule has 7 heteroatoms.